The summed E-state index contributed by atoms with van der Waals surface area (Å²) in [6, 6.07) is 0. The largest absolute Gasteiger partial charge is 0.481 e. The Bertz CT molecular complexity index is 376. The Morgan fingerprint density at radius 2 is 1.52 bits per heavy atom. The van der Waals surface area contributed by atoms with Crippen LogP contribution in [0.2, 0.25) is 0 Å². The molecular formula is C18H29NO2. The van der Waals surface area contributed by atoms with Crippen LogP contribution in [0.15, 0.2) is 0 Å². The topological polar surface area (TPSA) is 40.5 Å². The lowest BCUT2D eigenvalue weighted by Gasteiger charge is -2.58. The van der Waals surface area contributed by atoms with Gasteiger partial charge in [0.05, 0.1) is 0 Å². The standard InChI is InChI=1S/C18H29NO2/c20-17(21)8-13-1-3-19(4-2-13)12-18-9-14-5-15(10-18)7-16(6-14)11-18/h13-16H,1-12H2,(H,20,21). The first kappa shape index (κ1) is 14.0. The molecule has 5 aliphatic rings. The lowest BCUT2D eigenvalue weighted by atomic mass is 9.49. The Hall–Kier alpha value is -0.570. The van der Waals surface area contributed by atoms with E-state index in [1.54, 1.807) is 0 Å². The maximum atomic E-state index is 10.8. The van der Waals surface area contributed by atoms with Gasteiger partial charge in [0.25, 0.3) is 0 Å². The SMILES string of the molecule is O=C(O)CC1CCN(CC23CC4CC(CC(C4)C2)C3)CC1. The second-order valence-corrected chi connectivity index (χ2v) is 8.73. The first-order valence-corrected chi connectivity index (χ1v) is 9.04. The van der Waals surface area contributed by atoms with Gasteiger partial charge in [-0.05, 0) is 93.5 Å². The average molecular weight is 291 g/mol. The fourth-order valence-corrected chi connectivity index (χ4v) is 6.55. The van der Waals surface area contributed by atoms with Gasteiger partial charge in [-0.15, -0.1) is 0 Å². The fraction of sp³-hybridized carbons (Fsp3) is 0.944. The van der Waals surface area contributed by atoms with Gasteiger partial charge in [0.1, 0.15) is 0 Å². The number of carboxylic acids is 1. The van der Waals surface area contributed by atoms with Crippen molar-refractivity contribution in [2.75, 3.05) is 19.6 Å². The first-order chi connectivity index (χ1) is 10.1. The van der Waals surface area contributed by atoms with Crippen molar-refractivity contribution >= 4 is 5.97 Å². The molecule has 118 valence electrons. The number of hydrogen-bond donors (Lipinski definition) is 1. The van der Waals surface area contributed by atoms with Crippen molar-refractivity contribution in [3.63, 3.8) is 0 Å². The summed E-state index contributed by atoms with van der Waals surface area (Å²) in [4.78, 5) is 13.5. The third kappa shape index (κ3) is 2.86. The molecule has 3 heteroatoms. The number of carbonyl (C=O) groups is 1. The van der Waals surface area contributed by atoms with Gasteiger partial charge in [0, 0.05) is 13.0 Å². The molecule has 21 heavy (non-hydrogen) atoms. The smallest absolute Gasteiger partial charge is 0.303 e. The summed E-state index contributed by atoms with van der Waals surface area (Å²) in [5.41, 5.74) is 0.647. The molecule has 4 aliphatic carbocycles. The van der Waals surface area contributed by atoms with E-state index in [1.165, 1.54) is 45.1 Å². The third-order valence-corrected chi connectivity index (χ3v) is 6.89. The number of hydrogen-bond acceptors (Lipinski definition) is 2. The van der Waals surface area contributed by atoms with Crippen molar-refractivity contribution in [3.8, 4) is 0 Å². The van der Waals surface area contributed by atoms with Gasteiger partial charge >= 0.3 is 5.97 Å². The Balaban J connectivity index is 1.34. The van der Waals surface area contributed by atoms with E-state index in [-0.39, 0.29) is 0 Å². The van der Waals surface area contributed by atoms with E-state index in [0.29, 0.717) is 17.8 Å². The van der Waals surface area contributed by atoms with Gasteiger partial charge in [0.15, 0.2) is 0 Å². The predicted molar refractivity (Wildman–Crippen MR) is 82.0 cm³/mol. The second kappa shape index (κ2) is 5.26. The summed E-state index contributed by atoms with van der Waals surface area (Å²) in [5, 5.41) is 8.93. The molecule has 0 amide bonds. The molecule has 0 spiro atoms. The molecule has 0 aromatic rings. The molecule has 4 saturated carbocycles. The molecule has 0 atom stereocenters. The minimum atomic E-state index is -0.616. The summed E-state index contributed by atoms with van der Waals surface area (Å²) in [5.74, 6) is 2.94. The molecule has 0 aromatic heterocycles. The van der Waals surface area contributed by atoms with Gasteiger partial charge in [-0.25, -0.2) is 0 Å². The molecule has 1 aliphatic heterocycles. The molecular weight excluding hydrogens is 262 g/mol. The number of piperidine rings is 1. The van der Waals surface area contributed by atoms with Crippen LogP contribution in [-0.2, 0) is 4.79 Å². The summed E-state index contributed by atoms with van der Waals surface area (Å²) in [6.45, 7) is 3.59. The van der Waals surface area contributed by atoms with Crippen LogP contribution in [0.3, 0.4) is 0 Å². The van der Waals surface area contributed by atoms with Crippen LogP contribution < -0.4 is 0 Å². The molecule has 1 saturated heterocycles. The normalized spacial score (nSPS) is 43.3. The molecule has 4 bridgehead atoms. The molecule has 0 radical (unpaired) electrons. The number of rotatable bonds is 4. The van der Waals surface area contributed by atoms with Crippen LogP contribution in [0.25, 0.3) is 0 Å². The van der Waals surface area contributed by atoms with Gasteiger partial charge in [-0.2, -0.15) is 0 Å². The molecule has 1 N–H and O–H groups in total. The van der Waals surface area contributed by atoms with Gasteiger partial charge in [-0.3, -0.25) is 4.79 Å². The fourth-order valence-electron chi connectivity index (χ4n) is 6.55. The molecule has 1 heterocycles. The van der Waals surface area contributed by atoms with E-state index in [1.807, 2.05) is 0 Å². The van der Waals surface area contributed by atoms with Crippen molar-refractivity contribution < 1.29 is 9.90 Å². The van der Waals surface area contributed by atoms with Gasteiger partial charge in [-0.1, -0.05) is 0 Å². The van der Waals surface area contributed by atoms with E-state index in [2.05, 4.69) is 4.90 Å². The van der Waals surface area contributed by atoms with Crippen LogP contribution in [0.1, 0.15) is 57.8 Å². The summed E-state index contributed by atoms with van der Waals surface area (Å²) in [6.07, 6.45) is 11.6. The number of nitrogens with zero attached hydrogens (tertiary/aromatic N) is 1. The highest BCUT2D eigenvalue weighted by Crippen LogP contribution is 2.60. The molecule has 5 fully saturated rings. The van der Waals surface area contributed by atoms with Crippen LogP contribution in [0.5, 0.6) is 0 Å². The molecule has 3 nitrogen and oxygen atoms in total. The molecule has 0 unspecified atom stereocenters. The number of carboxylic acid groups (broad SMARTS) is 1. The monoisotopic (exact) mass is 291 g/mol. The van der Waals surface area contributed by atoms with Crippen molar-refractivity contribution in [1.82, 2.24) is 4.90 Å². The lowest BCUT2D eigenvalue weighted by Crippen LogP contribution is -2.52. The zero-order valence-electron chi connectivity index (χ0n) is 13.1. The summed E-state index contributed by atoms with van der Waals surface area (Å²) in [7, 11) is 0. The highest BCUT2D eigenvalue weighted by molar-refractivity contribution is 5.67. The van der Waals surface area contributed by atoms with Crippen LogP contribution >= 0.6 is 0 Å². The van der Waals surface area contributed by atoms with Crippen LogP contribution in [0, 0.1) is 29.1 Å². The maximum absolute atomic E-state index is 10.8. The Kier molecular flexibility index (Phi) is 3.52. The van der Waals surface area contributed by atoms with Crippen molar-refractivity contribution in [1.29, 1.82) is 0 Å². The van der Waals surface area contributed by atoms with E-state index in [4.69, 9.17) is 5.11 Å². The quantitative estimate of drug-likeness (QED) is 0.863. The zero-order chi connectivity index (χ0) is 14.4. The Morgan fingerprint density at radius 3 is 2.00 bits per heavy atom. The zero-order valence-corrected chi connectivity index (χ0v) is 13.1. The van der Waals surface area contributed by atoms with Crippen molar-refractivity contribution in [2.24, 2.45) is 29.1 Å². The summed E-state index contributed by atoms with van der Waals surface area (Å²) < 4.78 is 0. The Morgan fingerprint density at radius 1 is 1.00 bits per heavy atom. The highest BCUT2D eigenvalue weighted by Gasteiger charge is 2.51. The maximum Gasteiger partial charge on any atom is 0.303 e. The molecule has 0 aromatic carbocycles. The third-order valence-electron chi connectivity index (χ3n) is 6.89. The van der Waals surface area contributed by atoms with Gasteiger partial charge < -0.3 is 10.0 Å². The van der Waals surface area contributed by atoms with Crippen molar-refractivity contribution in [3.05, 3.63) is 0 Å². The predicted octanol–water partition coefficient (Wildman–Crippen LogP) is 3.39. The van der Waals surface area contributed by atoms with E-state index in [0.717, 1.165) is 43.7 Å². The average Bonchev–Trinajstić information content (AvgIpc) is 2.38. The van der Waals surface area contributed by atoms with Crippen molar-refractivity contribution in [2.45, 2.75) is 57.8 Å². The second-order valence-electron chi connectivity index (χ2n) is 8.73. The first-order valence-electron chi connectivity index (χ1n) is 9.04. The molecule has 5 rings (SSSR count). The lowest BCUT2D eigenvalue weighted by molar-refractivity contribution is -0.138. The van der Waals surface area contributed by atoms with Crippen LogP contribution in [-0.4, -0.2) is 35.6 Å². The van der Waals surface area contributed by atoms with E-state index < -0.39 is 5.97 Å². The van der Waals surface area contributed by atoms with Gasteiger partial charge in [0.2, 0.25) is 0 Å². The minimum Gasteiger partial charge on any atom is -0.481 e. The minimum absolute atomic E-state index is 0.380. The Labute approximate surface area is 128 Å². The number of likely N-dealkylation sites (tertiary alicyclic amines) is 1. The highest BCUT2D eigenvalue weighted by atomic mass is 16.4. The summed E-state index contributed by atoms with van der Waals surface area (Å²) >= 11 is 0. The van der Waals surface area contributed by atoms with E-state index in [9.17, 15) is 4.79 Å². The number of aliphatic carboxylic acids is 1. The van der Waals surface area contributed by atoms with E-state index >= 15 is 0 Å². The van der Waals surface area contributed by atoms with Crippen LogP contribution in [0.4, 0.5) is 0 Å².